The summed E-state index contributed by atoms with van der Waals surface area (Å²) >= 11 is 9.15. The van der Waals surface area contributed by atoms with Crippen molar-refractivity contribution in [2.45, 2.75) is 4.90 Å². The highest BCUT2D eigenvalue weighted by Crippen LogP contribution is 2.27. The van der Waals surface area contributed by atoms with Crippen LogP contribution in [0.1, 0.15) is 0 Å². The van der Waals surface area contributed by atoms with Crippen molar-refractivity contribution >= 4 is 43.2 Å². The van der Waals surface area contributed by atoms with Crippen LogP contribution in [0.25, 0.3) is 0 Å². The van der Waals surface area contributed by atoms with Crippen molar-refractivity contribution in [1.82, 2.24) is 10.2 Å². The standard InChI is InChI=1S/C9H7BrClN3O2S/c10-6-1-2-9(8(11)3-6)14-17(15,16)7-4-12-13-5-7/h1-5,14H,(H,12,13). The number of nitrogens with one attached hydrogen (secondary N) is 2. The molecule has 0 atom stereocenters. The zero-order chi connectivity index (χ0) is 12.5. The first-order valence-corrected chi connectivity index (χ1v) is 7.11. The molecule has 0 aliphatic carbocycles. The first-order chi connectivity index (χ1) is 7.99. The quantitative estimate of drug-likeness (QED) is 0.905. The summed E-state index contributed by atoms with van der Waals surface area (Å²) in [7, 11) is -3.65. The molecular formula is C9H7BrClN3O2S. The minimum atomic E-state index is -3.65. The third kappa shape index (κ3) is 2.80. The Labute approximate surface area is 111 Å². The molecule has 1 heterocycles. The lowest BCUT2D eigenvalue weighted by atomic mass is 10.3. The van der Waals surface area contributed by atoms with Gasteiger partial charge in [-0.05, 0) is 18.2 Å². The molecule has 0 aliphatic heterocycles. The van der Waals surface area contributed by atoms with Crippen LogP contribution in [0.2, 0.25) is 5.02 Å². The fraction of sp³-hybridized carbons (Fsp3) is 0. The minimum absolute atomic E-state index is 0.0523. The van der Waals surface area contributed by atoms with Gasteiger partial charge in [0, 0.05) is 10.7 Å². The second-order valence-electron chi connectivity index (χ2n) is 3.16. The summed E-state index contributed by atoms with van der Waals surface area (Å²) in [4.78, 5) is 0.0523. The number of hydrogen-bond acceptors (Lipinski definition) is 3. The number of rotatable bonds is 3. The van der Waals surface area contributed by atoms with Gasteiger partial charge in [-0.1, -0.05) is 27.5 Å². The Kier molecular flexibility index (Phi) is 3.41. The number of sulfonamides is 1. The maximum absolute atomic E-state index is 11.9. The third-order valence-electron chi connectivity index (χ3n) is 1.96. The van der Waals surface area contributed by atoms with Crippen LogP contribution in [0, 0.1) is 0 Å². The molecule has 0 aliphatic rings. The summed E-state index contributed by atoms with van der Waals surface area (Å²) in [5, 5.41) is 6.33. The van der Waals surface area contributed by atoms with Crippen LogP contribution in [0.5, 0.6) is 0 Å². The molecule has 0 fully saturated rings. The van der Waals surface area contributed by atoms with Crippen LogP contribution < -0.4 is 4.72 Å². The molecule has 0 unspecified atom stereocenters. The summed E-state index contributed by atoms with van der Waals surface area (Å²) < 4.78 is 26.9. The highest BCUT2D eigenvalue weighted by Gasteiger charge is 2.16. The Morgan fingerprint density at radius 3 is 2.76 bits per heavy atom. The smallest absolute Gasteiger partial charge is 0.265 e. The lowest BCUT2D eigenvalue weighted by molar-refractivity contribution is 0.601. The molecule has 0 amide bonds. The highest BCUT2D eigenvalue weighted by atomic mass is 79.9. The normalized spacial score (nSPS) is 11.4. The maximum Gasteiger partial charge on any atom is 0.265 e. The summed E-state index contributed by atoms with van der Waals surface area (Å²) in [6.45, 7) is 0. The molecule has 2 aromatic rings. The van der Waals surface area contributed by atoms with Crippen molar-refractivity contribution in [1.29, 1.82) is 0 Å². The molecular weight excluding hydrogens is 330 g/mol. The van der Waals surface area contributed by atoms with Gasteiger partial charge in [0.15, 0.2) is 0 Å². The van der Waals surface area contributed by atoms with E-state index in [1.54, 1.807) is 18.2 Å². The van der Waals surface area contributed by atoms with Crippen LogP contribution in [0.15, 0.2) is 40.0 Å². The summed E-state index contributed by atoms with van der Waals surface area (Å²) in [5.74, 6) is 0. The molecule has 0 radical (unpaired) electrons. The van der Waals surface area contributed by atoms with Crippen LogP contribution in [-0.2, 0) is 10.0 Å². The largest absolute Gasteiger partial charge is 0.284 e. The van der Waals surface area contributed by atoms with E-state index in [0.717, 1.165) is 4.47 Å². The van der Waals surface area contributed by atoms with Crippen molar-refractivity contribution in [3.05, 3.63) is 40.1 Å². The summed E-state index contributed by atoms with van der Waals surface area (Å²) in [5.41, 5.74) is 0.316. The number of benzene rings is 1. The van der Waals surface area contributed by atoms with E-state index in [4.69, 9.17) is 11.6 Å². The van der Waals surface area contributed by atoms with E-state index >= 15 is 0 Å². The van der Waals surface area contributed by atoms with Crippen molar-refractivity contribution in [2.75, 3.05) is 4.72 Å². The van der Waals surface area contributed by atoms with Gasteiger partial charge in [-0.3, -0.25) is 9.82 Å². The second-order valence-corrected chi connectivity index (χ2v) is 6.17. The molecule has 90 valence electrons. The number of halogens is 2. The van der Waals surface area contributed by atoms with E-state index < -0.39 is 10.0 Å². The van der Waals surface area contributed by atoms with E-state index in [-0.39, 0.29) is 4.90 Å². The molecule has 8 heteroatoms. The van der Waals surface area contributed by atoms with Gasteiger partial charge in [-0.25, -0.2) is 8.42 Å². The predicted molar refractivity (Wildman–Crippen MR) is 68.5 cm³/mol. The minimum Gasteiger partial charge on any atom is -0.284 e. The molecule has 2 N–H and O–H groups in total. The SMILES string of the molecule is O=S(=O)(Nc1ccc(Br)cc1Cl)c1cn[nH]c1. The first-order valence-electron chi connectivity index (χ1n) is 4.46. The van der Waals surface area contributed by atoms with Gasteiger partial charge < -0.3 is 0 Å². The fourth-order valence-corrected chi connectivity index (χ4v) is 2.92. The number of anilines is 1. The van der Waals surface area contributed by atoms with Gasteiger partial charge in [0.25, 0.3) is 10.0 Å². The maximum atomic E-state index is 11.9. The molecule has 0 spiro atoms. The van der Waals surface area contributed by atoms with Gasteiger partial charge in [0.2, 0.25) is 0 Å². The van der Waals surface area contributed by atoms with Crippen molar-refractivity contribution in [2.24, 2.45) is 0 Å². The topological polar surface area (TPSA) is 74.8 Å². The predicted octanol–water partition coefficient (Wildman–Crippen LogP) is 2.63. The Morgan fingerprint density at radius 2 is 2.18 bits per heavy atom. The first kappa shape index (κ1) is 12.4. The Balaban J connectivity index is 2.33. The van der Waals surface area contributed by atoms with E-state index in [9.17, 15) is 8.42 Å². The van der Waals surface area contributed by atoms with Gasteiger partial charge in [-0.15, -0.1) is 0 Å². The lowest BCUT2D eigenvalue weighted by Gasteiger charge is -2.07. The molecule has 5 nitrogen and oxygen atoms in total. The Bertz CT molecular complexity index is 628. The summed E-state index contributed by atoms with van der Waals surface area (Å²) in [6, 6.07) is 4.87. The van der Waals surface area contributed by atoms with E-state index in [0.29, 0.717) is 10.7 Å². The van der Waals surface area contributed by atoms with Gasteiger partial charge >= 0.3 is 0 Å². The van der Waals surface area contributed by atoms with Crippen LogP contribution in [0.3, 0.4) is 0 Å². The monoisotopic (exact) mass is 335 g/mol. The van der Waals surface area contributed by atoms with E-state index in [1.165, 1.54) is 12.4 Å². The van der Waals surface area contributed by atoms with Crippen molar-refractivity contribution in [3.8, 4) is 0 Å². The van der Waals surface area contributed by atoms with Crippen LogP contribution in [0.4, 0.5) is 5.69 Å². The zero-order valence-electron chi connectivity index (χ0n) is 8.31. The number of nitrogens with zero attached hydrogens (tertiary/aromatic N) is 1. The van der Waals surface area contributed by atoms with Crippen LogP contribution >= 0.6 is 27.5 Å². The number of aromatic amines is 1. The molecule has 17 heavy (non-hydrogen) atoms. The molecule has 2 rings (SSSR count). The number of hydrogen-bond donors (Lipinski definition) is 2. The Hall–Kier alpha value is -1.05. The van der Waals surface area contributed by atoms with E-state index in [1.807, 2.05) is 0 Å². The number of aromatic nitrogens is 2. The molecule has 0 saturated carbocycles. The van der Waals surface area contributed by atoms with Crippen molar-refractivity contribution in [3.63, 3.8) is 0 Å². The average Bonchev–Trinajstić information content (AvgIpc) is 2.76. The van der Waals surface area contributed by atoms with Gasteiger partial charge in [0.05, 0.1) is 16.9 Å². The average molecular weight is 337 g/mol. The van der Waals surface area contributed by atoms with Crippen molar-refractivity contribution < 1.29 is 8.42 Å². The molecule has 1 aromatic heterocycles. The van der Waals surface area contributed by atoms with Gasteiger partial charge in [0.1, 0.15) is 4.90 Å². The highest BCUT2D eigenvalue weighted by molar-refractivity contribution is 9.10. The van der Waals surface area contributed by atoms with E-state index in [2.05, 4.69) is 30.8 Å². The van der Waals surface area contributed by atoms with Gasteiger partial charge in [-0.2, -0.15) is 5.10 Å². The Morgan fingerprint density at radius 1 is 1.41 bits per heavy atom. The molecule has 0 saturated heterocycles. The third-order valence-corrected chi connectivity index (χ3v) is 4.10. The fourth-order valence-electron chi connectivity index (χ4n) is 1.16. The zero-order valence-corrected chi connectivity index (χ0v) is 11.5. The molecule has 0 bridgehead atoms. The number of H-pyrrole nitrogens is 1. The molecule has 1 aromatic carbocycles. The van der Waals surface area contributed by atoms with Crippen LogP contribution in [-0.4, -0.2) is 18.6 Å². The summed E-state index contributed by atoms with van der Waals surface area (Å²) in [6.07, 6.45) is 2.50. The second kappa shape index (κ2) is 4.67. The lowest BCUT2D eigenvalue weighted by Crippen LogP contribution is -2.12.